The maximum Gasteiger partial charge on any atom is 0.255 e. The average Bonchev–Trinajstić information content (AvgIpc) is 3.28. The van der Waals surface area contributed by atoms with Gasteiger partial charge in [-0.2, -0.15) is 5.10 Å². The van der Waals surface area contributed by atoms with Crippen LogP contribution in [0.15, 0.2) is 72.8 Å². The van der Waals surface area contributed by atoms with Crippen molar-refractivity contribution in [2.45, 2.75) is 6.42 Å². The number of hydrogen-bond acceptors (Lipinski definition) is 2. The Bertz CT molecular complexity index is 1180. The lowest BCUT2D eigenvalue weighted by Gasteiger charge is -2.08. The molecule has 0 saturated heterocycles. The van der Waals surface area contributed by atoms with E-state index in [1.165, 1.54) is 29.8 Å². The molecule has 4 aromatic rings. The van der Waals surface area contributed by atoms with Crippen LogP contribution in [0.5, 0.6) is 0 Å². The molecule has 1 amide bonds. The van der Waals surface area contributed by atoms with Crippen LogP contribution in [0.4, 0.5) is 10.1 Å². The van der Waals surface area contributed by atoms with Crippen LogP contribution in [-0.2, 0) is 6.42 Å². The fourth-order valence-electron chi connectivity index (χ4n) is 3.65. The Morgan fingerprint density at radius 3 is 2.57 bits per heavy atom. The standard InChI is InChI=1S/C23H16FN3O/c24-17-8-6-15(7-9-17)23(28)25-18-10-11-19-16(12-18)13-20-21(26-27-22(19)20)14-4-2-1-3-5-14/h1-12H,13H2,(H,25,28)(H,26,27). The number of aromatic amines is 1. The number of rotatable bonds is 3. The third-order valence-electron chi connectivity index (χ3n) is 5.02. The van der Waals surface area contributed by atoms with Gasteiger partial charge in [0, 0.05) is 34.4 Å². The summed E-state index contributed by atoms with van der Waals surface area (Å²) in [7, 11) is 0. The number of carbonyl (C=O) groups is 1. The number of anilines is 1. The number of hydrogen-bond donors (Lipinski definition) is 2. The molecule has 1 aliphatic carbocycles. The SMILES string of the molecule is O=C(Nc1ccc2c(c1)Cc1c(-c3ccccc3)n[nH]c1-2)c1ccc(F)cc1. The fraction of sp³-hybridized carbons (Fsp3) is 0.0435. The molecule has 0 radical (unpaired) electrons. The molecule has 1 aliphatic rings. The molecule has 0 spiro atoms. The summed E-state index contributed by atoms with van der Waals surface area (Å²) in [6.07, 6.45) is 0.756. The molecule has 1 aromatic heterocycles. The van der Waals surface area contributed by atoms with Crippen LogP contribution in [0, 0.1) is 5.82 Å². The summed E-state index contributed by atoms with van der Waals surface area (Å²) in [4.78, 5) is 12.4. The highest BCUT2D eigenvalue weighted by Crippen LogP contribution is 2.40. The third-order valence-corrected chi connectivity index (χ3v) is 5.02. The molecule has 4 nitrogen and oxygen atoms in total. The number of carbonyl (C=O) groups excluding carboxylic acids is 1. The number of nitrogens with one attached hydrogen (secondary N) is 2. The molecule has 0 unspecified atom stereocenters. The second-order valence-electron chi connectivity index (χ2n) is 6.80. The van der Waals surface area contributed by atoms with Crippen molar-refractivity contribution in [3.63, 3.8) is 0 Å². The van der Waals surface area contributed by atoms with Crippen molar-refractivity contribution in [2.75, 3.05) is 5.32 Å². The molecule has 5 rings (SSSR count). The largest absolute Gasteiger partial charge is 0.322 e. The van der Waals surface area contributed by atoms with Gasteiger partial charge < -0.3 is 5.32 Å². The van der Waals surface area contributed by atoms with Gasteiger partial charge in [-0.25, -0.2) is 4.39 Å². The van der Waals surface area contributed by atoms with E-state index < -0.39 is 0 Å². The lowest BCUT2D eigenvalue weighted by atomic mass is 10.1. The first-order chi connectivity index (χ1) is 13.7. The molecular weight excluding hydrogens is 353 g/mol. The van der Waals surface area contributed by atoms with Gasteiger partial charge in [0.05, 0.1) is 11.4 Å². The zero-order chi connectivity index (χ0) is 19.1. The molecule has 0 saturated carbocycles. The van der Waals surface area contributed by atoms with E-state index >= 15 is 0 Å². The molecule has 3 aromatic carbocycles. The number of H-pyrrole nitrogens is 1. The van der Waals surface area contributed by atoms with Gasteiger partial charge in [-0.15, -0.1) is 0 Å². The average molecular weight is 369 g/mol. The second-order valence-corrected chi connectivity index (χ2v) is 6.80. The first-order valence-electron chi connectivity index (χ1n) is 9.02. The van der Waals surface area contributed by atoms with Gasteiger partial charge in [-0.1, -0.05) is 36.4 Å². The third kappa shape index (κ3) is 2.77. The monoisotopic (exact) mass is 369 g/mol. The Morgan fingerprint density at radius 1 is 1.00 bits per heavy atom. The predicted octanol–water partition coefficient (Wildman–Crippen LogP) is 5.04. The maximum atomic E-state index is 13.0. The van der Waals surface area contributed by atoms with Crippen LogP contribution >= 0.6 is 0 Å². The summed E-state index contributed by atoms with van der Waals surface area (Å²) in [5.74, 6) is -0.624. The number of amides is 1. The lowest BCUT2D eigenvalue weighted by Crippen LogP contribution is -2.12. The summed E-state index contributed by atoms with van der Waals surface area (Å²) in [5, 5.41) is 10.5. The zero-order valence-electron chi connectivity index (χ0n) is 14.9. The van der Waals surface area contributed by atoms with Crippen molar-refractivity contribution in [1.29, 1.82) is 0 Å². The molecule has 0 atom stereocenters. The smallest absolute Gasteiger partial charge is 0.255 e. The Balaban J connectivity index is 1.42. The van der Waals surface area contributed by atoms with E-state index in [0.29, 0.717) is 11.3 Å². The topological polar surface area (TPSA) is 57.8 Å². The number of aromatic nitrogens is 2. The van der Waals surface area contributed by atoms with Crippen LogP contribution in [0.2, 0.25) is 0 Å². The molecule has 1 heterocycles. The van der Waals surface area contributed by atoms with E-state index in [0.717, 1.165) is 34.5 Å². The number of benzene rings is 3. The molecule has 2 N–H and O–H groups in total. The van der Waals surface area contributed by atoms with E-state index in [2.05, 4.69) is 15.5 Å². The number of halogens is 1. The Labute approximate surface area is 161 Å². The predicted molar refractivity (Wildman–Crippen MR) is 107 cm³/mol. The van der Waals surface area contributed by atoms with Gasteiger partial charge in [0.2, 0.25) is 0 Å². The van der Waals surface area contributed by atoms with Gasteiger partial charge in [0.25, 0.3) is 5.91 Å². The summed E-state index contributed by atoms with van der Waals surface area (Å²) in [5.41, 5.74) is 7.62. The van der Waals surface area contributed by atoms with Crippen molar-refractivity contribution in [3.05, 3.63) is 95.3 Å². The fourth-order valence-corrected chi connectivity index (χ4v) is 3.65. The highest BCUT2D eigenvalue weighted by molar-refractivity contribution is 6.04. The summed E-state index contributed by atoms with van der Waals surface area (Å²) in [6.45, 7) is 0. The van der Waals surface area contributed by atoms with Gasteiger partial charge in [-0.05, 0) is 42.0 Å². The summed E-state index contributed by atoms with van der Waals surface area (Å²) < 4.78 is 13.0. The highest BCUT2D eigenvalue weighted by atomic mass is 19.1. The number of fused-ring (bicyclic) bond motifs is 3. The van der Waals surface area contributed by atoms with E-state index in [1.54, 1.807) is 0 Å². The van der Waals surface area contributed by atoms with E-state index in [-0.39, 0.29) is 11.7 Å². The van der Waals surface area contributed by atoms with Crippen molar-refractivity contribution in [2.24, 2.45) is 0 Å². The summed E-state index contributed by atoms with van der Waals surface area (Å²) in [6, 6.07) is 21.4. The molecule has 0 bridgehead atoms. The molecule has 136 valence electrons. The van der Waals surface area contributed by atoms with Gasteiger partial charge in [0.1, 0.15) is 5.82 Å². The normalized spacial score (nSPS) is 11.8. The van der Waals surface area contributed by atoms with Gasteiger partial charge >= 0.3 is 0 Å². The van der Waals surface area contributed by atoms with Crippen molar-refractivity contribution in [1.82, 2.24) is 10.2 Å². The van der Waals surface area contributed by atoms with Gasteiger partial charge in [0.15, 0.2) is 0 Å². The van der Waals surface area contributed by atoms with Crippen LogP contribution in [0.25, 0.3) is 22.5 Å². The Hall–Kier alpha value is -3.73. The quantitative estimate of drug-likeness (QED) is 0.468. The van der Waals surface area contributed by atoms with Gasteiger partial charge in [-0.3, -0.25) is 9.89 Å². The maximum absolute atomic E-state index is 13.0. The number of nitrogens with zero attached hydrogens (tertiary/aromatic N) is 1. The minimum Gasteiger partial charge on any atom is -0.322 e. The second kappa shape index (κ2) is 6.46. The van der Waals surface area contributed by atoms with E-state index in [1.807, 2.05) is 48.5 Å². The Kier molecular flexibility index (Phi) is 3.79. The zero-order valence-corrected chi connectivity index (χ0v) is 14.9. The summed E-state index contributed by atoms with van der Waals surface area (Å²) >= 11 is 0. The molecule has 0 fully saturated rings. The minimum atomic E-state index is -0.363. The first kappa shape index (κ1) is 16.4. The molecular formula is C23H16FN3O. The van der Waals surface area contributed by atoms with Crippen molar-refractivity contribution in [3.8, 4) is 22.5 Å². The molecule has 5 heteroatoms. The van der Waals surface area contributed by atoms with Crippen molar-refractivity contribution < 1.29 is 9.18 Å². The van der Waals surface area contributed by atoms with Crippen LogP contribution in [0.3, 0.4) is 0 Å². The highest BCUT2D eigenvalue weighted by Gasteiger charge is 2.25. The van der Waals surface area contributed by atoms with Crippen molar-refractivity contribution >= 4 is 11.6 Å². The Morgan fingerprint density at radius 2 is 1.79 bits per heavy atom. The van der Waals surface area contributed by atoms with E-state index in [4.69, 9.17) is 0 Å². The van der Waals surface area contributed by atoms with Crippen LogP contribution in [0.1, 0.15) is 21.5 Å². The molecule has 28 heavy (non-hydrogen) atoms. The van der Waals surface area contributed by atoms with Crippen LogP contribution < -0.4 is 5.32 Å². The minimum absolute atomic E-state index is 0.261. The first-order valence-corrected chi connectivity index (χ1v) is 9.02. The lowest BCUT2D eigenvalue weighted by molar-refractivity contribution is 0.102. The van der Waals surface area contributed by atoms with Crippen LogP contribution in [-0.4, -0.2) is 16.1 Å². The molecule has 0 aliphatic heterocycles. The van der Waals surface area contributed by atoms with E-state index in [9.17, 15) is 9.18 Å².